The molecular weight excluding hydrogens is 363 g/mol. The SMILES string of the molecule is COC[C@H]1CCCN(C(=O)c2cc(COc3ccc(F)cc3Cl)on2)C1. The van der Waals surface area contributed by atoms with Crippen LogP contribution in [0.25, 0.3) is 0 Å². The van der Waals surface area contributed by atoms with Gasteiger partial charge in [0.05, 0.1) is 11.6 Å². The lowest BCUT2D eigenvalue weighted by Crippen LogP contribution is -2.41. The average molecular weight is 383 g/mol. The van der Waals surface area contributed by atoms with Gasteiger partial charge in [0.15, 0.2) is 11.5 Å². The molecule has 1 atom stereocenters. The summed E-state index contributed by atoms with van der Waals surface area (Å²) in [5.74, 6) is 0.451. The molecule has 1 amide bonds. The molecule has 0 unspecified atom stereocenters. The first-order valence-corrected chi connectivity index (χ1v) is 8.76. The number of piperidine rings is 1. The van der Waals surface area contributed by atoms with E-state index in [0.717, 1.165) is 12.8 Å². The third-order valence-corrected chi connectivity index (χ3v) is 4.55. The summed E-state index contributed by atoms with van der Waals surface area (Å²) in [6, 6.07) is 5.41. The summed E-state index contributed by atoms with van der Waals surface area (Å²) in [6.45, 7) is 2.03. The molecule has 0 radical (unpaired) electrons. The van der Waals surface area contributed by atoms with Crippen LogP contribution in [0.1, 0.15) is 29.1 Å². The zero-order chi connectivity index (χ0) is 18.5. The summed E-state index contributed by atoms with van der Waals surface area (Å²) in [4.78, 5) is 14.4. The van der Waals surface area contributed by atoms with Gasteiger partial charge in [-0.1, -0.05) is 16.8 Å². The van der Waals surface area contributed by atoms with Crippen LogP contribution in [-0.2, 0) is 11.3 Å². The summed E-state index contributed by atoms with van der Waals surface area (Å²) >= 11 is 5.91. The van der Waals surface area contributed by atoms with Crippen LogP contribution in [0, 0.1) is 11.7 Å². The molecule has 1 aliphatic rings. The van der Waals surface area contributed by atoms with Gasteiger partial charge in [-0.3, -0.25) is 4.79 Å². The maximum atomic E-state index is 13.0. The predicted octanol–water partition coefficient (Wildman–Crippen LogP) is 3.54. The monoisotopic (exact) mass is 382 g/mol. The number of carbonyl (C=O) groups is 1. The lowest BCUT2D eigenvalue weighted by Gasteiger charge is -2.31. The van der Waals surface area contributed by atoms with E-state index < -0.39 is 5.82 Å². The highest BCUT2D eigenvalue weighted by molar-refractivity contribution is 6.32. The summed E-state index contributed by atoms with van der Waals surface area (Å²) in [7, 11) is 1.66. The van der Waals surface area contributed by atoms with Crippen LogP contribution >= 0.6 is 11.6 Å². The van der Waals surface area contributed by atoms with E-state index in [1.54, 1.807) is 18.1 Å². The highest BCUT2D eigenvalue weighted by atomic mass is 35.5. The molecule has 0 N–H and O–H groups in total. The third-order valence-electron chi connectivity index (χ3n) is 4.25. The molecule has 0 spiro atoms. The number of rotatable bonds is 6. The number of hydrogen-bond acceptors (Lipinski definition) is 5. The number of benzene rings is 1. The molecule has 2 aromatic rings. The number of halogens is 2. The maximum absolute atomic E-state index is 13.0. The molecule has 8 heteroatoms. The number of ether oxygens (including phenoxy) is 2. The van der Waals surface area contributed by atoms with Crippen molar-refractivity contribution in [3.05, 3.63) is 46.6 Å². The standard InChI is InChI=1S/C18H20ClFN2O4/c1-24-10-12-3-2-6-22(9-12)18(23)16-8-14(26-21-16)11-25-17-5-4-13(20)7-15(17)19/h4-5,7-8,12H,2-3,6,9-11H2,1H3/t12-/m0/s1. The van der Waals surface area contributed by atoms with Crippen LogP contribution in [0.3, 0.4) is 0 Å². The van der Waals surface area contributed by atoms with E-state index in [-0.39, 0.29) is 23.2 Å². The van der Waals surface area contributed by atoms with Gasteiger partial charge in [-0.25, -0.2) is 4.39 Å². The van der Waals surface area contributed by atoms with Gasteiger partial charge in [0.25, 0.3) is 5.91 Å². The molecule has 1 fully saturated rings. The number of aromatic nitrogens is 1. The highest BCUT2D eigenvalue weighted by Gasteiger charge is 2.26. The van der Waals surface area contributed by atoms with E-state index in [0.29, 0.717) is 37.1 Å². The topological polar surface area (TPSA) is 64.8 Å². The molecule has 3 rings (SSSR count). The maximum Gasteiger partial charge on any atom is 0.276 e. The van der Waals surface area contributed by atoms with Crippen molar-refractivity contribution < 1.29 is 23.2 Å². The zero-order valence-electron chi connectivity index (χ0n) is 14.4. The Kier molecular flexibility index (Phi) is 6.11. The fourth-order valence-electron chi connectivity index (χ4n) is 3.01. The molecule has 140 valence electrons. The van der Waals surface area contributed by atoms with Crippen molar-refractivity contribution in [3.63, 3.8) is 0 Å². The van der Waals surface area contributed by atoms with Crippen LogP contribution in [0.5, 0.6) is 5.75 Å². The highest BCUT2D eigenvalue weighted by Crippen LogP contribution is 2.26. The number of hydrogen-bond donors (Lipinski definition) is 0. The number of nitrogens with zero attached hydrogens (tertiary/aromatic N) is 2. The normalized spacial score (nSPS) is 17.3. The molecule has 0 aliphatic carbocycles. The van der Waals surface area contributed by atoms with E-state index in [1.807, 2.05) is 0 Å². The summed E-state index contributed by atoms with van der Waals surface area (Å²) in [6.07, 6.45) is 1.99. The summed E-state index contributed by atoms with van der Waals surface area (Å²) in [5, 5.41) is 4.01. The quantitative estimate of drug-likeness (QED) is 0.764. The smallest absolute Gasteiger partial charge is 0.276 e. The van der Waals surface area contributed by atoms with E-state index in [2.05, 4.69) is 5.16 Å². The number of likely N-dealkylation sites (tertiary alicyclic amines) is 1. The van der Waals surface area contributed by atoms with Gasteiger partial charge in [-0.05, 0) is 37.0 Å². The van der Waals surface area contributed by atoms with Gasteiger partial charge in [-0.15, -0.1) is 0 Å². The van der Waals surface area contributed by atoms with Crippen LogP contribution < -0.4 is 4.74 Å². The Balaban J connectivity index is 1.59. The summed E-state index contributed by atoms with van der Waals surface area (Å²) in [5.41, 5.74) is 0.242. The van der Waals surface area contributed by atoms with Crippen molar-refractivity contribution in [3.8, 4) is 5.75 Å². The largest absolute Gasteiger partial charge is 0.484 e. The Morgan fingerprint density at radius 1 is 1.46 bits per heavy atom. The first-order valence-electron chi connectivity index (χ1n) is 8.38. The first-order chi connectivity index (χ1) is 12.6. The molecule has 2 heterocycles. The van der Waals surface area contributed by atoms with Crippen LogP contribution in [0.15, 0.2) is 28.8 Å². The van der Waals surface area contributed by atoms with Gasteiger partial charge < -0.3 is 18.9 Å². The van der Waals surface area contributed by atoms with Gasteiger partial charge >= 0.3 is 0 Å². The Morgan fingerprint density at radius 3 is 3.08 bits per heavy atom. The predicted molar refractivity (Wildman–Crippen MR) is 92.7 cm³/mol. The van der Waals surface area contributed by atoms with Gasteiger partial charge in [0, 0.05) is 26.3 Å². The third kappa shape index (κ3) is 4.53. The molecule has 1 aromatic carbocycles. The van der Waals surface area contributed by atoms with Crippen molar-refractivity contribution in [1.82, 2.24) is 10.1 Å². The second-order valence-electron chi connectivity index (χ2n) is 6.26. The molecule has 0 saturated carbocycles. The second kappa shape index (κ2) is 8.51. The molecule has 1 aromatic heterocycles. The van der Waals surface area contributed by atoms with Crippen molar-refractivity contribution in [2.24, 2.45) is 5.92 Å². The van der Waals surface area contributed by atoms with E-state index >= 15 is 0 Å². The molecule has 6 nitrogen and oxygen atoms in total. The van der Waals surface area contributed by atoms with Crippen LogP contribution in [0.4, 0.5) is 4.39 Å². The van der Waals surface area contributed by atoms with Gasteiger partial charge in [0.2, 0.25) is 0 Å². The molecule has 26 heavy (non-hydrogen) atoms. The van der Waals surface area contributed by atoms with Crippen LogP contribution in [-0.4, -0.2) is 42.8 Å². The lowest BCUT2D eigenvalue weighted by atomic mass is 9.99. The minimum Gasteiger partial charge on any atom is -0.484 e. The van der Waals surface area contributed by atoms with Gasteiger partial charge in [-0.2, -0.15) is 0 Å². The summed E-state index contributed by atoms with van der Waals surface area (Å²) < 4.78 is 28.9. The number of methoxy groups -OCH3 is 1. The lowest BCUT2D eigenvalue weighted by molar-refractivity contribution is 0.0561. The van der Waals surface area contributed by atoms with E-state index in [1.165, 1.54) is 18.2 Å². The Hall–Kier alpha value is -2.12. The number of amides is 1. The van der Waals surface area contributed by atoms with Crippen molar-refractivity contribution in [2.45, 2.75) is 19.4 Å². The minimum atomic E-state index is -0.441. The fraction of sp³-hybridized carbons (Fsp3) is 0.444. The Bertz CT molecular complexity index is 765. The molecule has 1 aliphatic heterocycles. The van der Waals surface area contributed by atoms with Crippen LogP contribution in [0.2, 0.25) is 5.02 Å². The fourth-order valence-corrected chi connectivity index (χ4v) is 3.23. The van der Waals surface area contributed by atoms with Crippen molar-refractivity contribution >= 4 is 17.5 Å². The van der Waals surface area contributed by atoms with E-state index in [4.69, 9.17) is 25.6 Å². The molecular formula is C18H20ClFN2O4. The van der Waals surface area contributed by atoms with Crippen molar-refractivity contribution in [1.29, 1.82) is 0 Å². The van der Waals surface area contributed by atoms with Crippen molar-refractivity contribution in [2.75, 3.05) is 26.8 Å². The minimum absolute atomic E-state index is 0.0396. The van der Waals surface area contributed by atoms with Gasteiger partial charge in [0.1, 0.15) is 18.2 Å². The molecule has 0 bridgehead atoms. The Labute approximate surface area is 155 Å². The Morgan fingerprint density at radius 2 is 2.31 bits per heavy atom. The first kappa shape index (κ1) is 18.7. The zero-order valence-corrected chi connectivity index (χ0v) is 15.2. The average Bonchev–Trinajstić information content (AvgIpc) is 3.10. The number of carbonyl (C=O) groups excluding carboxylic acids is 1. The molecule has 1 saturated heterocycles. The second-order valence-corrected chi connectivity index (χ2v) is 6.66. The van der Waals surface area contributed by atoms with E-state index in [9.17, 15) is 9.18 Å².